The molecule has 5 aromatic rings. The van der Waals surface area contributed by atoms with Gasteiger partial charge in [0.2, 0.25) is 0 Å². The Morgan fingerprint density at radius 2 is 1.67 bits per heavy atom. The molecule has 0 aliphatic carbocycles. The Balaban J connectivity index is 1.59. The molecular formula is C23H16F2N4O. The van der Waals surface area contributed by atoms with E-state index in [1.165, 1.54) is 23.0 Å². The van der Waals surface area contributed by atoms with Gasteiger partial charge in [-0.1, -0.05) is 24.3 Å². The van der Waals surface area contributed by atoms with Crippen molar-refractivity contribution < 1.29 is 8.78 Å². The molecular weight excluding hydrogens is 386 g/mol. The average Bonchev–Trinajstić information content (AvgIpc) is 3.12. The third kappa shape index (κ3) is 2.95. The number of rotatable bonds is 3. The summed E-state index contributed by atoms with van der Waals surface area (Å²) in [6.45, 7) is -0.244. The third-order valence-corrected chi connectivity index (χ3v) is 5.18. The van der Waals surface area contributed by atoms with E-state index in [0.717, 1.165) is 10.9 Å². The van der Waals surface area contributed by atoms with Gasteiger partial charge >= 0.3 is 0 Å². The maximum atomic E-state index is 14.9. The van der Waals surface area contributed by atoms with Crippen molar-refractivity contribution in [1.82, 2.24) is 19.3 Å². The Labute approximate surface area is 169 Å². The van der Waals surface area contributed by atoms with E-state index < -0.39 is 11.6 Å². The van der Waals surface area contributed by atoms with Crippen LogP contribution in [0.1, 0.15) is 5.56 Å². The minimum atomic E-state index is -0.717. The lowest BCUT2D eigenvalue weighted by molar-refractivity contribution is 0.541. The Kier molecular flexibility index (Phi) is 4.17. The van der Waals surface area contributed by atoms with E-state index in [4.69, 9.17) is 0 Å². The highest BCUT2D eigenvalue weighted by atomic mass is 19.1. The first-order valence-corrected chi connectivity index (χ1v) is 9.36. The molecule has 0 bridgehead atoms. The highest BCUT2D eigenvalue weighted by molar-refractivity contribution is 5.94. The number of hydrogen-bond acceptors (Lipinski definition) is 3. The summed E-state index contributed by atoms with van der Waals surface area (Å²) in [5, 5.41) is 5.55. The number of aryl methyl sites for hydroxylation is 1. The lowest BCUT2D eigenvalue weighted by Gasteiger charge is -2.11. The molecule has 2 aromatic heterocycles. The number of benzene rings is 3. The molecule has 5 nitrogen and oxygen atoms in total. The fourth-order valence-electron chi connectivity index (χ4n) is 3.71. The number of fused-ring (bicyclic) bond motifs is 2. The quantitative estimate of drug-likeness (QED) is 0.453. The van der Waals surface area contributed by atoms with E-state index in [9.17, 15) is 13.6 Å². The Morgan fingerprint density at radius 3 is 2.47 bits per heavy atom. The van der Waals surface area contributed by atoms with Crippen LogP contribution in [-0.2, 0) is 13.6 Å². The first kappa shape index (κ1) is 18.2. The summed E-state index contributed by atoms with van der Waals surface area (Å²) in [5.74, 6) is -1.43. The zero-order valence-electron chi connectivity index (χ0n) is 16.0. The minimum Gasteiger partial charge on any atom is -0.294 e. The van der Waals surface area contributed by atoms with Gasteiger partial charge in [-0.2, -0.15) is 5.10 Å². The van der Waals surface area contributed by atoms with Gasteiger partial charge in [-0.15, -0.1) is 0 Å². The molecule has 2 heterocycles. The van der Waals surface area contributed by atoms with Gasteiger partial charge in [0.1, 0.15) is 11.6 Å². The normalized spacial score (nSPS) is 11.4. The van der Waals surface area contributed by atoms with Crippen LogP contribution in [0.4, 0.5) is 8.78 Å². The molecule has 0 aliphatic rings. The summed E-state index contributed by atoms with van der Waals surface area (Å²) in [6.07, 6.45) is 3.13. The van der Waals surface area contributed by atoms with Crippen molar-refractivity contribution in [2.75, 3.05) is 0 Å². The van der Waals surface area contributed by atoms with Crippen LogP contribution >= 0.6 is 0 Å². The number of aromatic nitrogens is 4. The fourth-order valence-corrected chi connectivity index (χ4v) is 3.71. The Hall–Kier alpha value is -3.87. The predicted molar refractivity (Wildman–Crippen MR) is 111 cm³/mol. The minimum absolute atomic E-state index is 0.184. The molecule has 0 radical (unpaired) electrons. The van der Waals surface area contributed by atoms with Gasteiger partial charge in [0, 0.05) is 24.2 Å². The van der Waals surface area contributed by atoms with Crippen LogP contribution in [0.3, 0.4) is 0 Å². The molecule has 0 atom stereocenters. The third-order valence-electron chi connectivity index (χ3n) is 5.18. The molecule has 0 saturated carbocycles. The van der Waals surface area contributed by atoms with Gasteiger partial charge in [-0.25, -0.2) is 13.8 Å². The monoisotopic (exact) mass is 402 g/mol. The van der Waals surface area contributed by atoms with Gasteiger partial charge < -0.3 is 0 Å². The van der Waals surface area contributed by atoms with E-state index in [1.54, 1.807) is 48.1 Å². The van der Waals surface area contributed by atoms with Crippen LogP contribution in [0.25, 0.3) is 32.9 Å². The Bertz CT molecular complexity index is 1460. The molecule has 0 unspecified atom stereocenters. The van der Waals surface area contributed by atoms with Gasteiger partial charge in [-0.05, 0) is 41.5 Å². The maximum Gasteiger partial charge on any atom is 0.261 e. The second-order valence-corrected chi connectivity index (χ2v) is 7.15. The summed E-state index contributed by atoms with van der Waals surface area (Å²) in [6, 6.07) is 14.9. The van der Waals surface area contributed by atoms with E-state index >= 15 is 0 Å². The standard InChI is InChI=1S/C23H16F2N4O/c1-28-11-17-15(6-4-8-22(17)27-28)14-9-19(24)18(20(25)10-14)12-29-13-26-21-7-3-2-5-16(21)23(29)30/h2-11,13H,12H2,1H3. The lowest BCUT2D eigenvalue weighted by atomic mass is 10.00. The predicted octanol–water partition coefficient (Wildman–Crippen LogP) is 4.28. The molecule has 0 saturated heterocycles. The number of halogens is 2. The number of nitrogens with zero attached hydrogens (tertiary/aromatic N) is 4. The van der Waals surface area contributed by atoms with Crippen molar-refractivity contribution in [2.24, 2.45) is 7.05 Å². The van der Waals surface area contributed by atoms with E-state index in [0.29, 0.717) is 22.0 Å². The molecule has 0 fully saturated rings. The molecule has 148 valence electrons. The fraction of sp³-hybridized carbons (Fsp3) is 0.0870. The molecule has 3 aromatic carbocycles. The van der Waals surface area contributed by atoms with Crippen LogP contribution in [0.15, 0.2) is 71.9 Å². The highest BCUT2D eigenvalue weighted by Gasteiger charge is 2.16. The van der Waals surface area contributed by atoms with Gasteiger partial charge in [0.05, 0.1) is 29.3 Å². The van der Waals surface area contributed by atoms with Crippen LogP contribution < -0.4 is 5.56 Å². The molecule has 7 heteroatoms. The summed E-state index contributed by atoms with van der Waals surface area (Å²) < 4.78 is 32.7. The molecule has 0 amide bonds. The molecule has 0 aliphatic heterocycles. The zero-order chi connectivity index (χ0) is 20.8. The lowest BCUT2D eigenvalue weighted by Crippen LogP contribution is -2.22. The smallest absolute Gasteiger partial charge is 0.261 e. The molecule has 30 heavy (non-hydrogen) atoms. The highest BCUT2D eigenvalue weighted by Crippen LogP contribution is 2.30. The number of hydrogen-bond donors (Lipinski definition) is 0. The van der Waals surface area contributed by atoms with Gasteiger partial charge in [-0.3, -0.25) is 14.0 Å². The van der Waals surface area contributed by atoms with E-state index in [2.05, 4.69) is 10.1 Å². The number of para-hydroxylation sites is 1. The summed E-state index contributed by atoms with van der Waals surface area (Å²) in [7, 11) is 1.80. The van der Waals surface area contributed by atoms with Crippen LogP contribution in [0.2, 0.25) is 0 Å². The van der Waals surface area contributed by atoms with Gasteiger partial charge in [0.25, 0.3) is 5.56 Å². The largest absolute Gasteiger partial charge is 0.294 e. The summed E-state index contributed by atoms with van der Waals surface area (Å²) >= 11 is 0. The van der Waals surface area contributed by atoms with Crippen molar-refractivity contribution >= 4 is 21.8 Å². The molecule has 0 N–H and O–H groups in total. The summed E-state index contributed by atoms with van der Waals surface area (Å²) in [5.41, 5.74) is 1.86. The summed E-state index contributed by atoms with van der Waals surface area (Å²) in [4.78, 5) is 16.9. The van der Waals surface area contributed by atoms with E-state index in [1.807, 2.05) is 12.3 Å². The van der Waals surface area contributed by atoms with Crippen LogP contribution in [0.5, 0.6) is 0 Å². The van der Waals surface area contributed by atoms with Crippen molar-refractivity contribution in [3.8, 4) is 11.1 Å². The maximum absolute atomic E-state index is 14.9. The molecule has 5 rings (SSSR count). The van der Waals surface area contributed by atoms with Crippen molar-refractivity contribution in [3.05, 3.63) is 94.7 Å². The Morgan fingerprint density at radius 1 is 0.933 bits per heavy atom. The SMILES string of the molecule is Cn1cc2c(-c3cc(F)c(Cn4cnc5ccccc5c4=O)c(F)c3)cccc2n1. The van der Waals surface area contributed by atoms with Gasteiger partial charge in [0.15, 0.2) is 0 Å². The first-order chi connectivity index (χ1) is 14.5. The van der Waals surface area contributed by atoms with Crippen molar-refractivity contribution in [2.45, 2.75) is 6.54 Å². The second kappa shape index (κ2) is 6.88. The first-order valence-electron chi connectivity index (χ1n) is 9.36. The van der Waals surface area contributed by atoms with Crippen LogP contribution in [0, 0.1) is 11.6 Å². The molecule has 0 spiro atoms. The topological polar surface area (TPSA) is 52.7 Å². The second-order valence-electron chi connectivity index (χ2n) is 7.15. The average molecular weight is 402 g/mol. The van der Waals surface area contributed by atoms with Crippen molar-refractivity contribution in [3.63, 3.8) is 0 Å². The zero-order valence-corrected chi connectivity index (χ0v) is 16.0. The van der Waals surface area contributed by atoms with Crippen molar-refractivity contribution in [1.29, 1.82) is 0 Å². The van der Waals surface area contributed by atoms with E-state index in [-0.39, 0.29) is 17.7 Å². The van der Waals surface area contributed by atoms with Crippen LogP contribution in [-0.4, -0.2) is 19.3 Å².